The van der Waals surface area contributed by atoms with E-state index in [1.54, 1.807) is 31.4 Å². The van der Waals surface area contributed by atoms with Gasteiger partial charge in [-0.25, -0.2) is 0 Å². The molecule has 0 saturated carbocycles. The summed E-state index contributed by atoms with van der Waals surface area (Å²) in [7, 11) is 1.62. The third-order valence-corrected chi connectivity index (χ3v) is 5.04. The van der Waals surface area contributed by atoms with E-state index in [1.807, 2.05) is 49.4 Å². The summed E-state index contributed by atoms with van der Waals surface area (Å²) in [5.41, 5.74) is 2.78. The van der Waals surface area contributed by atoms with Crippen molar-refractivity contribution in [3.8, 4) is 11.8 Å². The van der Waals surface area contributed by atoms with Crippen molar-refractivity contribution in [1.29, 1.82) is 5.26 Å². The summed E-state index contributed by atoms with van der Waals surface area (Å²) in [4.78, 5) is 14.2. The molecule has 134 valence electrons. The molecule has 1 amide bonds. The fourth-order valence-electron chi connectivity index (χ4n) is 2.46. The van der Waals surface area contributed by atoms with E-state index in [9.17, 15) is 10.1 Å². The zero-order valence-corrected chi connectivity index (χ0v) is 15.8. The lowest BCUT2D eigenvalue weighted by molar-refractivity contribution is 0.102. The molecule has 3 aromatic rings. The van der Waals surface area contributed by atoms with Crippen LogP contribution in [0, 0.1) is 18.3 Å². The van der Waals surface area contributed by atoms with E-state index in [0.717, 1.165) is 21.1 Å². The largest absolute Gasteiger partial charge is 0.497 e. The number of amides is 1. The number of nitriles is 1. The van der Waals surface area contributed by atoms with Crippen LogP contribution >= 0.6 is 11.8 Å². The standard InChI is InChI=1S/C22H18N2O2S/c1-15-3-5-16(6-4-15)22(25)24-18-7-12-21(17(13-18)14-23)27-20-10-8-19(26-2)9-11-20/h3-13H,1-2H3,(H,24,25). The molecule has 0 heterocycles. The van der Waals surface area contributed by atoms with Gasteiger partial charge in [0, 0.05) is 21.0 Å². The van der Waals surface area contributed by atoms with Gasteiger partial charge in [0.2, 0.25) is 0 Å². The van der Waals surface area contributed by atoms with Gasteiger partial charge < -0.3 is 10.1 Å². The second kappa shape index (κ2) is 8.43. The van der Waals surface area contributed by atoms with Crippen LogP contribution in [0.25, 0.3) is 0 Å². The summed E-state index contributed by atoms with van der Waals surface area (Å²) in [6.45, 7) is 1.97. The molecule has 3 rings (SSSR count). The molecular weight excluding hydrogens is 356 g/mol. The molecule has 4 nitrogen and oxygen atoms in total. The van der Waals surface area contributed by atoms with E-state index in [2.05, 4.69) is 11.4 Å². The summed E-state index contributed by atoms with van der Waals surface area (Å²) in [5.74, 6) is 0.587. The van der Waals surface area contributed by atoms with Gasteiger partial charge in [-0.3, -0.25) is 4.79 Å². The summed E-state index contributed by atoms with van der Waals surface area (Å²) >= 11 is 1.49. The van der Waals surface area contributed by atoms with Crippen LogP contribution in [-0.4, -0.2) is 13.0 Å². The van der Waals surface area contributed by atoms with Crippen LogP contribution in [-0.2, 0) is 0 Å². The Morgan fingerprint density at radius 2 is 1.74 bits per heavy atom. The number of ether oxygens (including phenoxy) is 1. The third kappa shape index (κ3) is 4.69. The maximum Gasteiger partial charge on any atom is 0.255 e. The lowest BCUT2D eigenvalue weighted by Gasteiger charge is -2.09. The lowest BCUT2D eigenvalue weighted by Crippen LogP contribution is -2.11. The number of nitrogens with zero attached hydrogens (tertiary/aromatic N) is 1. The number of anilines is 1. The Labute approximate surface area is 162 Å². The average Bonchev–Trinajstić information content (AvgIpc) is 2.70. The van der Waals surface area contributed by atoms with Crippen LogP contribution in [0.5, 0.6) is 5.75 Å². The molecule has 0 spiro atoms. The molecule has 0 bridgehead atoms. The maximum absolute atomic E-state index is 12.4. The minimum atomic E-state index is -0.200. The zero-order valence-electron chi connectivity index (χ0n) is 15.0. The topological polar surface area (TPSA) is 62.1 Å². The molecule has 0 aliphatic rings. The van der Waals surface area contributed by atoms with Gasteiger partial charge in [0.25, 0.3) is 5.91 Å². The second-order valence-corrected chi connectivity index (χ2v) is 7.04. The van der Waals surface area contributed by atoms with Crippen molar-refractivity contribution in [2.45, 2.75) is 16.7 Å². The van der Waals surface area contributed by atoms with Gasteiger partial charge >= 0.3 is 0 Å². The quantitative estimate of drug-likeness (QED) is 0.660. The van der Waals surface area contributed by atoms with Crippen molar-refractivity contribution in [2.75, 3.05) is 12.4 Å². The Kier molecular flexibility index (Phi) is 5.80. The molecular formula is C22H18N2O2S. The van der Waals surface area contributed by atoms with E-state index in [4.69, 9.17) is 4.74 Å². The Hall–Kier alpha value is -3.23. The van der Waals surface area contributed by atoms with Crippen LogP contribution in [0.4, 0.5) is 5.69 Å². The SMILES string of the molecule is COc1ccc(Sc2ccc(NC(=O)c3ccc(C)cc3)cc2C#N)cc1. The van der Waals surface area contributed by atoms with Crippen LogP contribution in [0.2, 0.25) is 0 Å². The molecule has 0 saturated heterocycles. The first-order valence-corrected chi connectivity index (χ1v) is 9.15. The Bertz CT molecular complexity index is 990. The van der Waals surface area contributed by atoms with Crippen LogP contribution in [0.15, 0.2) is 76.5 Å². The van der Waals surface area contributed by atoms with E-state index < -0.39 is 0 Å². The molecule has 3 aromatic carbocycles. The van der Waals surface area contributed by atoms with Gasteiger partial charge in [-0.1, -0.05) is 29.5 Å². The van der Waals surface area contributed by atoms with E-state index in [1.165, 1.54) is 11.8 Å². The normalized spacial score (nSPS) is 10.1. The van der Waals surface area contributed by atoms with Crippen molar-refractivity contribution >= 4 is 23.4 Å². The first-order chi connectivity index (χ1) is 13.1. The minimum Gasteiger partial charge on any atom is -0.497 e. The van der Waals surface area contributed by atoms with Gasteiger partial charge in [-0.2, -0.15) is 5.26 Å². The average molecular weight is 374 g/mol. The molecule has 5 heteroatoms. The smallest absolute Gasteiger partial charge is 0.255 e. The molecule has 0 aliphatic heterocycles. The molecule has 0 radical (unpaired) electrons. The lowest BCUT2D eigenvalue weighted by atomic mass is 10.1. The van der Waals surface area contributed by atoms with Crippen molar-refractivity contribution in [2.24, 2.45) is 0 Å². The van der Waals surface area contributed by atoms with Gasteiger partial charge in [-0.05, 0) is 61.5 Å². The number of methoxy groups -OCH3 is 1. The van der Waals surface area contributed by atoms with Crippen molar-refractivity contribution in [3.05, 3.63) is 83.4 Å². The van der Waals surface area contributed by atoms with Crippen LogP contribution in [0.3, 0.4) is 0 Å². The van der Waals surface area contributed by atoms with E-state index in [0.29, 0.717) is 16.8 Å². The number of carbonyl (C=O) groups excluding carboxylic acids is 1. The van der Waals surface area contributed by atoms with Crippen molar-refractivity contribution < 1.29 is 9.53 Å². The summed E-state index contributed by atoms with van der Waals surface area (Å²) in [6, 6.07) is 22.5. The molecule has 0 atom stereocenters. The first-order valence-electron chi connectivity index (χ1n) is 8.33. The number of aryl methyl sites for hydroxylation is 1. The van der Waals surface area contributed by atoms with Crippen molar-refractivity contribution in [1.82, 2.24) is 0 Å². The number of nitrogens with one attached hydrogen (secondary N) is 1. The molecule has 27 heavy (non-hydrogen) atoms. The van der Waals surface area contributed by atoms with E-state index >= 15 is 0 Å². The van der Waals surface area contributed by atoms with Gasteiger partial charge in [0.15, 0.2) is 0 Å². The molecule has 0 aliphatic carbocycles. The summed E-state index contributed by atoms with van der Waals surface area (Å²) < 4.78 is 5.16. The molecule has 0 unspecified atom stereocenters. The number of hydrogen-bond donors (Lipinski definition) is 1. The number of carbonyl (C=O) groups is 1. The van der Waals surface area contributed by atoms with Gasteiger partial charge in [-0.15, -0.1) is 0 Å². The Morgan fingerprint density at radius 3 is 2.37 bits per heavy atom. The highest BCUT2D eigenvalue weighted by Gasteiger charge is 2.10. The fourth-order valence-corrected chi connectivity index (χ4v) is 3.34. The number of rotatable bonds is 5. The second-order valence-electron chi connectivity index (χ2n) is 5.92. The first kappa shape index (κ1) is 18.6. The van der Waals surface area contributed by atoms with Crippen molar-refractivity contribution in [3.63, 3.8) is 0 Å². The monoisotopic (exact) mass is 374 g/mol. The highest BCUT2D eigenvalue weighted by atomic mass is 32.2. The third-order valence-electron chi connectivity index (χ3n) is 3.96. The maximum atomic E-state index is 12.4. The van der Waals surface area contributed by atoms with Gasteiger partial charge in [0.05, 0.1) is 12.7 Å². The number of hydrogen-bond acceptors (Lipinski definition) is 4. The number of benzene rings is 3. The predicted octanol–water partition coefficient (Wildman–Crippen LogP) is 5.28. The highest BCUT2D eigenvalue weighted by molar-refractivity contribution is 7.99. The predicted molar refractivity (Wildman–Crippen MR) is 107 cm³/mol. The molecule has 0 aromatic heterocycles. The molecule has 1 N–H and O–H groups in total. The van der Waals surface area contributed by atoms with E-state index in [-0.39, 0.29) is 5.91 Å². The fraction of sp³-hybridized carbons (Fsp3) is 0.0909. The highest BCUT2D eigenvalue weighted by Crippen LogP contribution is 2.32. The Balaban J connectivity index is 1.76. The summed E-state index contributed by atoms with van der Waals surface area (Å²) in [6.07, 6.45) is 0. The van der Waals surface area contributed by atoms with Crippen LogP contribution in [0.1, 0.15) is 21.5 Å². The summed E-state index contributed by atoms with van der Waals surface area (Å²) in [5, 5.41) is 12.3. The zero-order chi connectivity index (χ0) is 19.2. The molecule has 0 fully saturated rings. The minimum absolute atomic E-state index is 0.200. The Morgan fingerprint density at radius 1 is 1.04 bits per heavy atom. The van der Waals surface area contributed by atoms with Crippen LogP contribution < -0.4 is 10.1 Å². The van der Waals surface area contributed by atoms with Gasteiger partial charge in [0.1, 0.15) is 11.8 Å².